The maximum atomic E-state index is 13.1. The summed E-state index contributed by atoms with van der Waals surface area (Å²) in [6.45, 7) is 0. The van der Waals surface area contributed by atoms with Crippen molar-refractivity contribution in [2.45, 2.75) is 18.4 Å². The van der Waals surface area contributed by atoms with Crippen LogP contribution in [0.1, 0.15) is 11.1 Å². The molecule has 2 aromatic carbocycles. The zero-order valence-corrected chi connectivity index (χ0v) is 12.1. The van der Waals surface area contributed by atoms with Crippen LogP contribution in [-0.4, -0.2) is 6.36 Å². The molecular weight excluding hydrogens is 346 g/mol. The Hall–Kier alpha value is -1.89. The maximum absolute atomic E-state index is 13.1. The van der Waals surface area contributed by atoms with Crippen molar-refractivity contribution >= 4 is 11.6 Å². The number of hydrogen-bond acceptors (Lipinski definition) is 1. The van der Waals surface area contributed by atoms with Crippen LogP contribution in [0.15, 0.2) is 42.5 Å². The summed E-state index contributed by atoms with van der Waals surface area (Å²) in [5.74, 6) is -0.622. The topological polar surface area (TPSA) is 9.23 Å². The van der Waals surface area contributed by atoms with Crippen LogP contribution in [-0.2, 0) is 12.1 Å². The third-order valence-electron chi connectivity index (χ3n) is 2.92. The zero-order valence-electron chi connectivity index (χ0n) is 11.3. The predicted molar refractivity (Wildman–Crippen MR) is 73.1 cm³/mol. The first kappa shape index (κ1) is 17.5. The molecule has 0 unspecified atom stereocenters. The minimum Gasteiger partial charge on any atom is -0.406 e. The zero-order chi connectivity index (χ0) is 17.3. The summed E-state index contributed by atoms with van der Waals surface area (Å²) in [6, 6.07) is 7.63. The fraction of sp³-hybridized carbons (Fsp3) is 0.200. The second-order valence-corrected chi connectivity index (χ2v) is 4.85. The highest BCUT2D eigenvalue weighted by atomic mass is 35.5. The molecule has 8 heteroatoms. The van der Waals surface area contributed by atoms with Gasteiger partial charge in [-0.2, -0.15) is 13.2 Å². The van der Waals surface area contributed by atoms with Crippen LogP contribution >= 0.6 is 11.6 Å². The highest BCUT2D eigenvalue weighted by Crippen LogP contribution is 2.39. The minimum atomic E-state index is -4.93. The van der Waals surface area contributed by atoms with E-state index in [1.807, 2.05) is 0 Å². The van der Waals surface area contributed by atoms with Crippen LogP contribution in [0.3, 0.4) is 0 Å². The first-order valence-electron chi connectivity index (χ1n) is 6.22. The van der Waals surface area contributed by atoms with Crippen molar-refractivity contribution in [3.8, 4) is 16.9 Å². The average molecular weight is 355 g/mol. The Morgan fingerprint density at radius 2 is 1.61 bits per heavy atom. The smallest absolute Gasteiger partial charge is 0.406 e. The van der Waals surface area contributed by atoms with Gasteiger partial charge in [0.05, 0.1) is 5.56 Å². The summed E-state index contributed by atoms with van der Waals surface area (Å²) in [6.07, 6.45) is -9.58. The lowest BCUT2D eigenvalue weighted by Gasteiger charge is -2.15. The molecule has 0 saturated heterocycles. The van der Waals surface area contributed by atoms with E-state index in [1.165, 1.54) is 24.3 Å². The van der Waals surface area contributed by atoms with E-state index < -0.39 is 23.9 Å². The Bertz CT molecular complexity index is 693. The highest BCUT2D eigenvalue weighted by Gasteiger charge is 2.34. The normalized spacial score (nSPS) is 12.3. The molecule has 0 aromatic heterocycles. The molecule has 0 aliphatic heterocycles. The van der Waals surface area contributed by atoms with Crippen LogP contribution < -0.4 is 4.74 Å². The van der Waals surface area contributed by atoms with Gasteiger partial charge >= 0.3 is 12.5 Å². The van der Waals surface area contributed by atoms with Crippen LogP contribution in [0, 0.1) is 0 Å². The molecule has 2 rings (SSSR count). The maximum Gasteiger partial charge on any atom is 0.573 e. The molecule has 0 aliphatic rings. The summed E-state index contributed by atoms with van der Waals surface area (Å²) in [7, 11) is 0. The second-order valence-electron chi connectivity index (χ2n) is 4.59. The number of rotatable bonds is 3. The van der Waals surface area contributed by atoms with Gasteiger partial charge in [0.25, 0.3) is 0 Å². The molecule has 1 nitrogen and oxygen atoms in total. The molecule has 0 saturated carbocycles. The molecule has 0 amide bonds. The van der Waals surface area contributed by atoms with Crippen molar-refractivity contribution in [3.05, 3.63) is 53.6 Å². The summed E-state index contributed by atoms with van der Waals surface area (Å²) in [4.78, 5) is 0. The van der Waals surface area contributed by atoms with Crippen LogP contribution in [0.2, 0.25) is 0 Å². The van der Waals surface area contributed by atoms with Crippen molar-refractivity contribution < 1.29 is 31.1 Å². The third kappa shape index (κ3) is 4.54. The molecule has 0 fully saturated rings. The Morgan fingerprint density at radius 3 is 2.17 bits per heavy atom. The first-order chi connectivity index (χ1) is 10.6. The Balaban J connectivity index is 2.54. The summed E-state index contributed by atoms with van der Waals surface area (Å²) in [5.41, 5.74) is -0.860. The molecule has 0 aliphatic carbocycles. The van der Waals surface area contributed by atoms with Crippen molar-refractivity contribution in [2.75, 3.05) is 0 Å². The molecular formula is C15H9ClF6O. The van der Waals surface area contributed by atoms with Crippen LogP contribution in [0.25, 0.3) is 11.1 Å². The van der Waals surface area contributed by atoms with Gasteiger partial charge in [-0.3, -0.25) is 0 Å². The summed E-state index contributed by atoms with van der Waals surface area (Å²) >= 11 is 5.62. The lowest BCUT2D eigenvalue weighted by atomic mass is 9.97. The second kappa shape index (κ2) is 6.31. The SMILES string of the molecule is FC(F)(F)Oc1cccc(-c2cc(CCl)ccc2C(F)(F)F)c1. The molecule has 0 N–H and O–H groups in total. The van der Waals surface area contributed by atoms with Gasteiger partial charge in [0.1, 0.15) is 5.75 Å². The van der Waals surface area contributed by atoms with Gasteiger partial charge in [0, 0.05) is 5.88 Å². The van der Waals surface area contributed by atoms with Crippen molar-refractivity contribution in [1.82, 2.24) is 0 Å². The van der Waals surface area contributed by atoms with E-state index >= 15 is 0 Å². The predicted octanol–water partition coefficient (Wildman–Crippen LogP) is 6.01. The fourth-order valence-corrected chi connectivity index (χ4v) is 2.19. The van der Waals surface area contributed by atoms with E-state index in [4.69, 9.17) is 11.6 Å². The molecule has 0 bridgehead atoms. The van der Waals surface area contributed by atoms with Gasteiger partial charge in [0.2, 0.25) is 0 Å². The van der Waals surface area contributed by atoms with Crippen LogP contribution in [0.5, 0.6) is 5.75 Å². The van der Waals surface area contributed by atoms with Crippen molar-refractivity contribution in [2.24, 2.45) is 0 Å². The lowest BCUT2D eigenvalue weighted by Crippen LogP contribution is -2.17. The molecule has 124 valence electrons. The quantitative estimate of drug-likeness (QED) is 0.484. The van der Waals surface area contributed by atoms with Crippen LogP contribution in [0.4, 0.5) is 26.3 Å². The van der Waals surface area contributed by atoms with E-state index in [-0.39, 0.29) is 17.0 Å². The largest absolute Gasteiger partial charge is 0.573 e. The van der Waals surface area contributed by atoms with Crippen molar-refractivity contribution in [3.63, 3.8) is 0 Å². The summed E-state index contributed by atoms with van der Waals surface area (Å²) in [5, 5.41) is 0. The van der Waals surface area contributed by atoms with E-state index in [0.717, 1.165) is 18.2 Å². The monoisotopic (exact) mass is 354 g/mol. The van der Waals surface area contributed by atoms with E-state index in [0.29, 0.717) is 5.56 Å². The van der Waals surface area contributed by atoms with Gasteiger partial charge in [0.15, 0.2) is 0 Å². The molecule has 0 heterocycles. The van der Waals surface area contributed by atoms with Gasteiger partial charge in [-0.15, -0.1) is 24.8 Å². The highest BCUT2D eigenvalue weighted by molar-refractivity contribution is 6.17. The minimum absolute atomic E-state index is 0.0239. The van der Waals surface area contributed by atoms with Gasteiger partial charge < -0.3 is 4.74 Å². The number of halogens is 7. The van der Waals surface area contributed by atoms with E-state index in [1.54, 1.807) is 0 Å². The number of alkyl halides is 7. The van der Waals surface area contributed by atoms with E-state index in [9.17, 15) is 26.3 Å². The molecule has 23 heavy (non-hydrogen) atoms. The molecule has 0 radical (unpaired) electrons. The van der Waals surface area contributed by atoms with Gasteiger partial charge in [-0.05, 0) is 41.0 Å². The Kier molecular flexibility index (Phi) is 4.79. The van der Waals surface area contributed by atoms with E-state index in [2.05, 4.69) is 4.74 Å². The molecule has 0 atom stereocenters. The van der Waals surface area contributed by atoms with Gasteiger partial charge in [-0.1, -0.05) is 18.2 Å². The van der Waals surface area contributed by atoms with Crippen molar-refractivity contribution in [1.29, 1.82) is 0 Å². The standard InChI is InChI=1S/C15H9ClF6O/c16-8-9-4-5-13(14(17,18)19)12(6-9)10-2-1-3-11(7-10)23-15(20,21)22/h1-7H,8H2. The molecule has 0 spiro atoms. The Labute approximate surface area is 132 Å². The summed E-state index contributed by atoms with van der Waals surface area (Å²) < 4.78 is 79.8. The fourth-order valence-electron chi connectivity index (χ4n) is 2.02. The number of ether oxygens (including phenoxy) is 1. The third-order valence-corrected chi connectivity index (χ3v) is 3.23. The first-order valence-corrected chi connectivity index (χ1v) is 6.76. The van der Waals surface area contributed by atoms with Gasteiger partial charge in [-0.25, -0.2) is 0 Å². The average Bonchev–Trinajstić information content (AvgIpc) is 2.44. The Morgan fingerprint density at radius 1 is 0.913 bits per heavy atom. The molecule has 2 aromatic rings. The number of benzene rings is 2. The lowest BCUT2D eigenvalue weighted by molar-refractivity contribution is -0.274. The number of hydrogen-bond donors (Lipinski definition) is 0.